The van der Waals surface area contributed by atoms with E-state index in [0.29, 0.717) is 6.54 Å². The molecule has 2 N–H and O–H groups in total. The van der Waals surface area contributed by atoms with Gasteiger partial charge in [0.1, 0.15) is 0 Å². The standard InChI is InChI=1S/C21H36N4O/c1-21(2,26-4)17-24-20(22-3)23-15-18-9-11-19(12-10-18)16-25-13-7-5-6-8-14-25/h9-12H,5-8,13-17H2,1-4H3,(H2,22,23,24). The van der Waals surface area contributed by atoms with Crippen molar-refractivity contribution in [3.05, 3.63) is 35.4 Å². The van der Waals surface area contributed by atoms with Gasteiger partial charge in [-0.05, 0) is 50.9 Å². The molecule has 1 aliphatic rings. The normalized spacial score (nSPS) is 17.0. The minimum atomic E-state index is -0.216. The van der Waals surface area contributed by atoms with Crippen LogP contribution in [-0.2, 0) is 17.8 Å². The zero-order chi connectivity index (χ0) is 18.8. The van der Waals surface area contributed by atoms with Crippen LogP contribution in [-0.4, -0.2) is 50.3 Å². The summed E-state index contributed by atoms with van der Waals surface area (Å²) in [7, 11) is 3.52. The number of benzene rings is 1. The molecule has 0 unspecified atom stereocenters. The molecule has 1 heterocycles. The minimum absolute atomic E-state index is 0.216. The molecule has 0 atom stereocenters. The molecule has 2 rings (SSSR count). The third-order valence-electron chi connectivity index (χ3n) is 5.05. The number of aliphatic imine (C=N–C) groups is 1. The topological polar surface area (TPSA) is 48.9 Å². The SMILES string of the molecule is CN=C(NCc1ccc(CN2CCCCCC2)cc1)NCC(C)(C)OC. The lowest BCUT2D eigenvalue weighted by Gasteiger charge is -2.24. The molecule has 0 aliphatic carbocycles. The summed E-state index contributed by atoms with van der Waals surface area (Å²) in [6.45, 7) is 9.12. The molecule has 1 saturated heterocycles. The van der Waals surface area contributed by atoms with Crippen molar-refractivity contribution in [2.24, 2.45) is 4.99 Å². The van der Waals surface area contributed by atoms with Gasteiger partial charge in [-0.3, -0.25) is 9.89 Å². The van der Waals surface area contributed by atoms with Crippen molar-refractivity contribution in [2.75, 3.05) is 33.8 Å². The fourth-order valence-electron chi connectivity index (χ4n) is 3.09. The Bertz CT molecular complexity index is 546. The summed E-state index contributed by atoms with van der Waals surface area (Å²) in [6, 6.07) is 8.94. The van der Waals surface area contributed by atoms with Gasteiger partial charge in [0.25, 0.3) is 0 Å². The van der Waals surface area contributed by atoms with Crippen LogP contribution in [0.25, 0.3) is 0 Å². The summed E-state index contributed by atoms with van der Waals surface area (Å²) in [6.07, 6.45) is 5.46. The Morgan fingerprint density at radius 1 is 1.04 bits per heavy atom. The molecule has 0 bridgehead atoms. The molecule has 0 saturated carbocycles. The van der Waals surface area contributed by atoms with Gasteiger partial charge < -0.3 is 15.4 Å². The van der Waals surface area contributed by atoms with E-state index in [-0.39, 0.29) is 5.60 Å². The molecule has 5 heteroatoms. The number of guanidine groups is 1. The largest absolute Gasteiger partial charge is 0.377 e. The quantitative estimate of drug-likeness (QED) is 0.579. The fraction of sp³-hybridized carbons (Fsp3) is 0.667. The van der Waals surface area contributed by atoms with Crippen molar-refractivity contribution >= 4 is 5.96 Å². The van der Waals surface area contributed by atoms with E-state index in [1.54, 1.807) is 14.2 Å². The lowest BCUT2D eigenvalue weighted by atomic mass is 10.1. The maximum atomic E-state index is 5.43. The maximum Gasteiger partial charge on any atom is 0.191 e. The number of hydrogen-bond acceptors (Lipinski definition) is 3. The summed E-state index contributed by atoms with van der Waals surface area (Å²) in [5.74, 6) is 0.795. The molecule has 1 aliphatic heterocycles. The van der Waals surface area contributed by atoms with E-state index in [1.807, 2.05) is 0 Å². The zero-order valence-electron chi connectivity index (χ0n) is 17.0. The maximum absolute atomic E-state index is 5.43. The third kappa shape index (κ3) is 7.34. The van der Waals surface area contributed by atoms with E-state index in [0.717, 1.165) is 19.0 Å². The summed E-state index contributed by atoms with van der Waals surface area (Å²) >= 11 is 0. The number of rotatable bonds is 7. The number of methoxy groups -OCH3 is 1. The lowest BCUT2D eigenvalue weighted by Crippen LogP contribution is -2.45. The van der Waals surface area contributed by atoms with Gasteiger partial charge in [-0.2, -0.15) is 0 Å². The molecule has 0 radical (unpaired) electrons. The molecule has 26 heavy (non-hydrogen) atoms. The van der Waals surface area contributed by atoms with E-state index in [4.69, 9.17) is 4.74 Å². The van der Waals surface area contributed by atoms with Crippen LogP contribution in [0.3, 0.4) is 0 Å². The Morgan fingerprint density at radius 3 is 2.23 bits per heavy atom. The highest BCUT2D eigenvalue weighted by molar-refractivity contribution is 5.79. The van der Waals surface area contributed by atoms with E-state index in [9.17, 15) is 0 Å². The Labute approximate surface area is 159 Å². The van der Waals surface area contributed by atoms with Crippen molar-refractivity contribution in [3.8, 4) is 0 Å². The van der Waals surface area contributed by atoms with Gasteiger partial charge in [0, 0.05) is 33.8 Å². The molecule has 0 aromatic heterocycles. The second-order valence-electron chi connectivity index (χ2n) is 7.75. The molecular formula is C21H36N4O. The second-order valence-corrected chi connectivity index (χ2v) is 7.75. The highest BCUT2D eigenvalue weighted by Crippen LogP contribution is 2.14. The van der Waals surface area contributed by atoms with Crippen molar-refractivity contribution in [1.29, 1.82) is 0 Å². The molecule has 1 aromatic carbocycles. The number of ether oxygens (including phenoxy) is 1. The first-order valence-corrected chi connectivity index (χ1v) is 9.82. The Balaban J connectivity index is 1.78. The predicted molar refractivity (Wildman–Crippen MR) is 109 cm³/mol. The van der Waals surface area contributed by atoms with Gasteiger partial charge >= 0.3 is 0 Å². The van der Waals surface area contributed by atoms with Crippen molar-refractivity contribution in [2.45, 2.75) is 58.2 Å². The second kappa shape index (κ2) is 10.5. The summed E-state index contributed by atoms with van der Waals surface area (Å²) in [5, 5.41) is 6.67. The summed E-state index contributed by atoms with van der Waals surface area (Å²) in [5.41, 5.74) is 2.45. The fourth-order valence-corrected chi connectivity index (χ4v) is 3.09. The van der Waals surface area contributed by atoms with Crippen LogP contribution < -0.4 is 10.6 Å². The number of nitrogens with one attached hydrogen (secondary N) is 2. The van der Waals surface area contributed by atoms with Gasteiger partial charge in [0.05, 0.1) is 5.60 Å². The molecule has 146 valence electrons. The monoisotopic (exact) mass is 360 g/mol. The van der Waals surface area contributed by atoms with Crippen LogP contribution >= 0.6 is 0 Å². The smallest absolute Gasteiger partial charge is 0.191 e. The van der Waals surface area contributed by atoms with Crippen LogP contribution in [0.4, 0.5) is 0 Å². The molecule has 0 amide bonds. The first-order valence-electron chi connectivity index (χ1n) is 9.82. The molecular weight excluding hydrogens is 324 g/mol. The van der Waals surface area contributed by atoms with Gasteiger partial charge in [0.15, 0.2) is 5.96 Å². The first-order chi connectivity index (χ1) is 12.5. The summed E-state index contributed by atoms with van der Waals surface area (Å²) in [4.78, 5) is 6.86. The summed E-state index contributed by atoms with van der Waals surface area (Å²) < 4.78 is 5.43. The van der Waals surface area contributed by atoms with E-state index in [1.165, 1.54) is 49.9 Å². The average Bonchev–Trinajstić information content (AvgIpc) is 2.92. The molecule has 5 nitrogen and oxygen atoms in total. The lowest BCUT2D eigenvalue weighted by molar-refractivity contribution is 0.0268. The van der Waals surface area contributed by atoms with Crippen LogP contribution in [0, 0.1) is 0 Å². The molecule has 1 fully saturated rings. The van der Waals surface area contributed by atoms with Gasteiger partial charge in [-0.1, -0.05) is 37.1 Å². The molecule has 0 spiro atoms. The van der Waals surface area contributed by atoms with Crippen molar-refractivity contribution in [1.82, 2.24) is 15.5 Å². The zero-order valence-corrected chi connectivity index (χ0v) is 17.0. The van der Waals surface area contributed by atoms with Crippen LogP contribution in [0.15, 0.2) is 29.3 Å². The number of hydrogen-bond donors (Lipinski definition) is 2. The Hall–Kier alpha value is -1.59. The van der Waals surface area contributed by atoms with Crippen molar-refractivity contribution < 1.29 is 4.74 Å². The minimum Gasteiger partial charge on any atom is -0.377 e. The van der Waals surface area contributed by atoms with Crippen LogP contribution in [0.5, 0.6) is 0 Å². The van der Waals surface area contributed by atoms with Crippen LogP contribution in [0.1, 0.15) is 50.7 Å². The Morgan fingerprint density at radius 2 is 1.65 bits per heavy atom. The van der Waals surface area contributed by atoms with Gasteiger partial charge in [-0.25, -0.2) is 0 Å². The predicted octanol–water partition coefficient (Wildman–Crippen LogP) is 3.15. The average molecular weight is 361 g/mol. The third-order valence-corrected chi connectivity index (χ3v) is 5.05. The Kier molecular flexibility index (Phi) is 8.39. The highest BCUT2D eigenvalue weighted by atomic mass is 16.5. The highest BCUT2D eigenvalue weighted by Gasteiger charge is 2.16. The van der Waals surface area contributed by atoms with E-state index < -0.39 is 0 Å². The van der Waals surface area contributed by atoms with E-state index >= 15 is 0 Å². The van der Waals surface area contributed by atoms with Gasteiger partial charge in [-0.15, -0.1) is 0 Å². The van der Waals surface area contributed by atoms with Crippen LogP contribution in [0.2, 0.25) is 0 Å². The number of nitrogens with zero attached hydrogens (tertiary/aromatic N) is 2. The van der Waals surface area contributed by atoms with Gasteiger partial charge in [0.2, 0.25) is 0 Å². The molecule has 1 aromatic rings. The van der Waals surface area contributed by atoms with E-state index in [2.05, 4.69) is 58.6 Å². The first kappa shape index (κ1) is 20.7. The van der Waals surface area contributed by atoms with Crippen molar-refractivity contribution in [3.63, 3.8) is 0 Å². The number of likely N-dealkylation sites (tertiary alicyclic amines) is 1.